The Bertz CT molecular complexity index is 1560. The molecule has 5 rings (SSSR count). The largest absolute Gasteiger partial charge is 0.308 e. The lowest BCUT2D eigenvalue weighted by molar-refractivity contribution is -0.118. The van der Waals surface area contributed by atoms with E-state index in [1.807, 2.05) is 31.2 Å². The molecule has 10 heteroatoms. The molecule has 1 heterocycles. The average Bonchev–Trinajstić information content (AvgIpc) is 3.42. The van der Waals surface area contributed by atoms with Crippen molar-refractivity contribution in [2.45, 2.75) is 64.2 Å². The monoisotopic (exact) mass is 579 g/mol. The van der Waals surface area contributed by atoms with E-state index in [-0.39, 0.29) is 18.5 Å². The number of hydrogen-bond donors (Lipinski definition) is 3. The SMILES string of the molecule is CCC[C@H](N[C@H]1CCc2cc(F)cc(F)c2C1)C(=O)Nc1cn(-c2ccccc2CNCc2ccc(F)cc2F)cn1. The summed E-state index contributed by atoms with van der Waals surface area (Å²) in [5, 5.41) is 9.47. The van der Waals surface area contributed by atoms with Crippen LogP contribution in [0.15, 0.2) is 67.1 Å². The second-order valence-electron chi connectivity index (χ2n) is 10.6. The third-order valence-corrected chi connectivity index (χ3v) is 7.55. The summed E-state index contributed by atoms with van der Waals surface area (Å²) in [7, 11) is 0. The van der Waals surface area contributed by atoms with E-state index in [2.05, 4.69) is 20.9 Å². The van der Waals surface area contributed by atoms with Crippen molar-refractivity contribution in [3.63, 3.8) is 0 Å². The molecule has 0 aliphatic heterocycles. The quantitative estimate of drug-likeness (QED) is 0.192. The zero-order valence-electron chi connectivity index (χ0n) is 23.3. The van der Waals surface area contributed by atoms with Gasteiger partial charge in [-0.15, -0.1) is 0 Å². The molecule has 42 heavy (non-hydrogen) atoms. The van der Waals surface area contributed by atoms with E-state index in [1.54, 1.807) is 17.1 Å². The fraction of sp³-hybridized carbons (Fsp3) is 0.312. The maximum atomic E-state index is 14.4. The van der Waals surface area contributed by atoms with Crippen LogP contribution in [0, 0.1) is 23.3 Å². The highest BCUT2D eigenvalue weighted by Gasteiger charge is 2.27. The molecule has 1 amide bonds. The molecule has 1 aliphatic rings. The smallest absolute Gasteiger partial charge is 0.242 e. The molecule has 220 valence electrons. The number of benzene rings is 3. The molecule has 4 aromatic rings. The lowest BCUT2D eigenvalue weighted by Gasteiger charge is -2.29. The number of para-hydroxylation sites is 1. The number of nitrogens with one attached hydrogen (secondary N) is 3. The highest BCUT2D eigenvalue weighted by Crippen LogP contribution is 2.26. The van der Waals surface area contributed by atoms with Gasteiger partial charge in [-0.25, -0.2) is 22.5 Å². The number of hydrogen-bond acceptors (Lipinski definition) is 4. The number of nitrogens with zero attached hydrogens (tertiary/aromatic N) is 2. The molecule has 0 fully saturated rings. The third kappa shape index (κ3) is 7.06. The highest BCUT2D eigenvalue weighted by atomic mass is 19.1. The van der Waals surface area contributed by atoms with Crippen molar-refractivity contribution in [2.24, 2.45) is 0 Å². The number of amides is 1. The first-order valence-corrected chi connectivity index (χ1v) is 14.1. The lowest BCUT2D eigenvalue weighted by Crippen LogP contribution is -2.48. The zero-order chi connectivity index (χ0) is 29.6. The Morgan fingerprint density at radius 3 is 2.60 bits per heavy atom. The minimum absolute atomic E-state index is 0.111. The van der Waals surface area contributed by atoms with Gasteiger partial charge < -0.3 is 20.5 Å². The van der Waals surface area contributed by atoms with Crippen LogP contribution < -0.4 is 16.0 Å². The first-order chi connectivity index (χ1) is 20.3. The number of fused-ring (bicyclic) bond motifs is 1. The number of aromatic nitrogens is 2. The lowest BCUT2D eigenvalue weighted by atomic mass is 9.87. The van der Waals surface area contributed by atoms with Crippen molar-refractivity contribution in [2.75, 3.05) is 5.32 Å². The van der Waals surface area contributed by atoms with Gasteiger partial charge in [-0.2, -0.15) is 0 Å². The Hall–Kier alpha value is -4.02. The van der Waals surface area contributed by atoms with E-state index in [1.165, 1.54) is 18.2 Å². The fourth-order valence-electron chi connectivity index (χ4n) is 5.43. The summed E-state index contributed by atoms with van der Waals surface area (Å²) in [5.74, 6) is -2.18. The van der Waals surface area contributed by atoms with Crippen molar-refractivity contribution < 1.29 is 22.4 Å². The Morgan fingerprint density at radius 1 is 1.00 bits per heavy atom. The normalized spacial score (nSPS) is 15.3. The van der Waals surface area contributed by atoms with Crippen molar-refractivity contribution in [3.05, 3.63) is 113 Å². The molecule has 3 aromatic carbocycles. The van der Waals surface area contributed by atoms with Crippen LogP contribution in [-0.4, -0.2) is 27.5 Å². The third-order valence-electron chi connectivity index (χ3n) is 7.55. The summed E-state index contributed by atoms with van der Waals surface area (Å²) < 4.78 is 57.0. The minimum Gasteiger partial charge on any atom is -0.308 e. The molecule has 0 spiro atoms. The summed E-state index contributed by atoms with van der Waals surface area (Å²) in [5.41, 5.74) is 3.31. The number of aryl methyl sites for hydroxylation is 1. The Morgan fingerprint density at radius 2 is 1.79 bits per heavy atom. The molecular weight excluding hydrogens is 546 g/mol. The molecule has 1 aromatic heterocycles. The van der Waals surface area contributed by atoms with Gasteiger partial charge in [0.2, 0.25) is 5.91 Å². The Balaban J connectivity index is 1.21. The minimum atomic E-state index is -0.616. The van der Waals surface area contributed by atoms with E-state index in [0.717, 1.165) is 29.8 Å². The molecule has 3 N–H and O–H groups in total. The van der Waals surface area contributed by atoms with Gasteiger partial charge >= 0.3 is 0 Å². The first kappa shape index (κ1) is 29.5. The van der Waals surface area contributed by atoms with E-state index in [0.29, 0.717) is 54.7 Å². The zero-order valence-corrected chi connectivity index (χ0v) is 23.3. The molecular formula is C32H33F4N5O. The maximum Gasteiger partial charge on any atom is 0.242 e. The van der Waals surface area contributed by atoms with Crippen molar-refractivity contribution in [1.82, 2.24) is 20.2 Å². The van der Waals surface area contributed by atoms with Crippen LogP contribution in [0.25, 0.3) is 5.69 Å². The number of halogens is 4. The van der Waals surface area contributed by atoms with Crippen LogP contribution in [0.1, 0.15) is 48.4 Å². The van der Waals surface area contributed by atoms with Crippen LogP contribution in [0.4, 0.5) is 23.4 Å². The van der Waals surface area contributed by atoms with E-state index in [4.69, 9.17) is 0 Å². The molecule has 0 saturated heterocycles. The van der Waals surface area contributed by atoms with Crippen molar-refractivity contribution >= 4 is 11.7 Å². The van der Waals surface area contributed by atoms with Crippen molar-refractivity contribution in [1.29, 1.82) is 0 Å². The van der Waals surface area contributed by atoms with Gasteiger partial charge in [-0.05, 0) is 60.6 Å². The van der Waals surface area contributed by atoms with Gasteiger partial charge in [0.05, 0.1) is 17.9 Å². The van der Waals surface area contributed by atoms with Gasteiger partial charge in [-0.1, -0.05) is 37.6 Å². The van der Waals surface area contributed by atoms with E-state index >= 15 is 0 Å². The van der Waals surface area contributed by atoms with Crippen LogP contribution in [0.5, 0.6) is 0 Å². The van der Waals surface area contributed by atoms with Crippen LogP contribution in [0.2, 0.25) is 0 Å². The van der Waals surface area contributed by atoms with Gasteiger partial charge in [0, 0.05) is 36.8 Å². The van der Waals surface area contributed by atoms with Gasteiger partial charge in [0.15, 0.2) is 5.82 Å². The summed E-state index contributed by atoms with van der Waals surface area (Å²) >= 11 is 0. The molecule has 1 aliphatic carbocycles. The Kier molecular flexibility index (Phi) is 9.34. The predicted octanol–water partition coefficient (Wildman–Crippen LogP) is 5.97. The average molecular weight is 580 g/mol. The highest BCUT2D eigenvalue weighted by molar-refractivity contribution is 5.94. The number of carbonyl (C=O) groups excluding carboxylic acids is 1. The van der Waals surface area contributed by atoms with Crippen LogP contribution >= 0.6 is 0 Å². The van der Waals surface area contributed by atoms with Gasteiger partial charge in [-0.3, -0.25) is 4.79 Å². The molecule has 6 nitrogen and oxygen atoms in total. The van der Waals surface area contributed by atoms with Crippen LogP contribution in [0.3, 0.4) is 0 Å². The van der Waals surface area contributed by atoms with Gasteiger partial charge in [0.25, 0.3) is 0 Å². The van der Waals surface area contributed by atoms with Gasteiger partial charge in [0.1, 0.15) is 29.6 Å². The van der Waals surface area contributed by atoms with E-state index in [9.17, 15) is 22.4 Å². The molecule has 0 unspecified atom stereocenters. The number of rotatable bonds is 11. The molecule has 0 bridgehead atoms. The fourth-order valence-corrected chi connectivity index (χ4v) is 5.43. The second-order valence-corrected chi connectivity index (χ2v) is 10.6. The first-order valence-electron chi connectivity index (χ1n) is 14.1. The number of anilines is 1. The predicted molar refractivity (Wildman–Crippen MR) is 153 cm³/mol. The second kappa shape index (κ2) is 13.3. The molecule has 0 radical (unpaired) electrons. The standard InChI is InChI=1S/C32H33F4N5O/c1-2-5-29(39-25-11-9-20-12-24(34)14-28(36)26(20)15-25)32(42)40-31-18-41(19-38-31)30-7-4-3-6-22(30)17-37-16-21-8-10-23(33)13-27(21)35/h3-4,6-8,10,12-14,18-19,25,29,37,39H,2,5,9,11,15-17H2,1H3,(H,40,42)/t25-,29-/m0/s1. The summed E-state index contributed by atoms with van der Waals surface area (Å²) in [6, 6.07) is 12.8. The van der Waals surface area contributed by atoms with Crippen LogP contribution in [-0.2, 0) is 30.7 Å². The Labute approximate surface area is 242 Å². The summed E-state index contributed by atoms with van der Waals surface area (Å²) in [4.78, 5) is 17.6. The number of carbonyl (C=O) groups is 1. The van der Waals surface area contributed by atoms with Crippen molar-refractivity contribution in [3.8, 4) is 5.69 Å². The van der Waals surface area contributed by atoms with E-state index < -0.39 is 29.3 Å². The summed E-state index contributed by atoms with van der Waals surface area (Å²) in [6.45, 7) is 2.64. The number of imidazole rings is 1. The molecule has 2 atom stereocenters. The molecule has 0 saturated carbocycles. The maximum absolute atomic E-state index is 14.4. The topological polar surface area (TPSA) is 71.0 Å². The summed E-state index contributed by atoms with van der Waals surface area (Å²) in [6.07, 6.45) is 6.30.